The first-order valence-corrected chi connectivity index (χ1v) is 9.92. The summed E-state index contributed by atoms with van der Waals surface area (Å²) in [6.07, 6.45) is 6.61. The summed E-state index contributed by atoms with van der Waals surface area (Å²) >= 11 is 5.56. The molecule has 0 radical (unpaired) electrons. The molecule has 26 heavy (non-hydrogen) atoms. The highest BCUT2D eigenvalue weighted by molar-refractivity contribution is 7.80. The number of benzene rings is 1. The number of nitrogens with zero attached hydrogens (tertiary/aromatic N) is 1. The molecular weight excluding hydrogens is 342 g/mol. The van der Waals surface area contributed by atoms with Crippen molar-refractivity contribution in [1.82, 2.24) is 10.2 Å². The SMILES string of the molecule is Cc1ccc(NC(=S)NC2C[C@@H]3CC[C@@H](C2)N3Cc2ccco2)cc1C. The Balaban J connectivity index is 1.32. The highest BCUT2D eigenvalue weighted by Crippen LogP contribution is 2.36. The monoisotopic (exact) mass is 369 g/mol. The summed E-state index contributed by atoms with van der Waals surface area (Å²) in [5.41, 5.74) is 3.64. The molecule has 2 N–H and O–H groups in total. The first kappa shape index (κ1) is 17.6. The standard InChI is InChI=1S/C21H27N3OS/c1-14-5-6-16(10-15(14)2)22-21(26)23-17-11-18-7-8-19(12-17)24(18)13-20-4-3-9-25-20/h3-6,9-10,17-19H,7-8,11-13H2,1-2H3,(H2,22,23,26)/t18-,19-/m0/s1. The van der Waals surface area contributed by atoms with E-state index < -0.39 is 0 Å². The molecule has 5 heteroatoms. The zero-order valence-corrected chi connectivity index (χ0v) is 16.3. The number of furan rings is 1. The molecule has 3 heterocycles. The minimum absolute atomic E-state index is 0.451. The van der Waals surface area contributed by atoms with Gasteiger partial charge in [0, 0.05) is 23.8 Å². The van der Waals surface area contributed by atoms with Crippen LogP contribution in [0.25, 0.3) is 0 Å². The predicted molar refractivity (Wildman–Crippen MR) is 109 cm³/mol. The number of hydrogen-bond donors (Lipinski definition) is 2. The van der Waals surface area contributed by atoms with Crippen LogP contribution in [0.2, 0.25) is 0 Å². The summed E-state index contributed by atoms with van der Waals surface area (Å²) in [6.45, 7) is 5.19. The third-order valence-corrected chi connectivity index (χ3v) is 6.12. The van der Waals surface area contributed by atoms with Crippen molar-refractivity contribution in [3.05, 3.63) is 53.5 Å². The van der Waals surface area contributed by atoms with Crippen molar-refractivity contribution in [2.75, 3.05) is 5.32 Å². The lowest BCUT2D eigenvalue weighted by Gasteiger charge is -2.39. The summed E-state index contributed by atoms with van der Waals surface area (Å²) in [4.78, 5) is 2.62. The van der Waals surface area contributed by atoms with Crippen molar-refractivity contribution in [2.24, 2.45) is 0 Å². The Bertz CT molecular complexity index is 760. The summed E-state index contributed by atoms with van der Waals surface area (Å²) in [5.74, 6) is 1.07. The number of anilines is 1. The van der Waals surface area contributed by atoms with Crippen molar-refractivity contribution in [3.8, 4) is 0 Å². The Morgan fingerprint density at radius 1 is 1.15 bits per heavy atom. The molecule has 0 saturated carbocycles. The predicted octanol–water partition coefficient (Wildman–Crippen LogP) is 4.38. The van der Waals surface area contributed by atoms with E-state index in [4.69, 9.17) is 16.6 Å². The van der Waals surface area contributed by atoms with Crippen molar-refractivity contribution < 1.29 is 4.42 Å². The van der Waals surface area contributed by atoms with Gasteiger partial charge < -0.3 is 15.1 Å². The van der Waals surface area contributed by atoms with Crippen molar-refractivity contribution in [2.45, 2.75) is 64.2 Å². The molecule has 2 aliphatic rings. The van der Waals surface area contributed by atoms with Crippen LogP contribution in [-0.2, 0) is 6.54 Å². The number of piperidine rings is 1. The Kier molecular flexibility index (Phi) is 5.00. The number of aryl methyl sites for hydroxylation is 2. The lowest BCUT2D eigenvalue weighted by molar-refractivity contribution is 0.106. The lowest BCUT2D eigenvalue weighted by Crippen LogP contribution is -2.50. The Morgan fingerprint density at radius 3 is 2.58 bits per heavy atom. The van der Waals surface area contributed by atoms with Crippen molar-refractivity contribution in [3.63, 3.8) is 0 Å². The average molecular weight is 370 g/mol. The summed E-state index contributed by atoms with van der Waals surface area (Å²) < 4.78 is 5.55. The fourth-order valence-corrected chi connectivity index (χ4v) is 4.69. The number of rotatable bonds is 4. The van der Waals surface area contributed by atoms with Gasteiger partial charge in [-0.1, -0.05) is 6.07 Å². The summed E-state index contributed by atoms with van der Waals surface area (Å²) in [6, 6.07) is 12.1. The van der Waals surface area contributed by atoms with E-state index in [0.717, 1.165) is 35.9 Å². The molecule has 2 saturated heterocycles. The molecule has 0 unspecified atom stereocenters. The molecule has 2 bridgehead atoms. The molecular formula is C21H27N3OS. The average Bonchev–Trinajstić information content (AvgIpc) is 3.18. The second-order valence-corrected chi connectivity index (χ2v) is 8.11. The lowest BCUT2D eigenvalue weighted by atomic mass is 9.97. The summed E-state index contributed by atoms with van der Waals surface area (Å²) in [5, 5.41) is 7.63. The molecule has 1 aromatic carbocycles. The molecule has 2 fully saturated rings. The van der Waals surface area contributed by atoms with Crippen LogP contribution >= 0.6 is 12.2 Å². The van der Waals surface area contributed by atoms with Crippen molar-refractivity contribution >= 4 is 23.0 Å². The number of fused-ring (bicyclic) bond motifs is 2. The van der Waals surface area contributed by atoms with E-state index in [1.165, 1.54) is 24.0 Å². The van der Waals surface area contributed by atoms with Gasteiger partial charge in [-0.2, -0.15) is 0 Å². The van der Waals surface area contributed by atoms with E-state index in [9.17, 15) is 0 Å². The fraction of sp³-hybridized carbons (Fsp3) is 0.476. The van der Waals surface area contributed by atoms with Crippen LogP contribution in [0.1, 0.15) is 42.6 Å². The van der Waals surface area contributed by atoms with Gasteiger partial charge in [0.1, 0.15) is 5.76 Å². The van der Waals surface area contributed by atoms with E-state index in [1.54, 1.807) is 6.26 Å². The quantitative estimate of drug-likeness (QED) is 0.783. The van der Waals surface area contributed by atoms with E-state index in [-0.39, 0.29) is 0 Å². The second kappa shape index (κ2) is 7.41. The van der Waals surface area contributed by atoms with Gasteiger partial charge in [0.15, 0.2) is 5.11 Å². The van der Waals surface area contributed by atoms with Gasteiger partial charge in [0.25, 0.3) is 0 Å². The number of thiocarbonyl (C=S) groups is 1. The molecule has 1 aromatic heterocycles. The Labute approximate surface area is 161 Å². The molecule has 0 spiro atoms. The number of hydrogen-bond acceptors (Lipinski definition) is 3. The van der Waals surface area contributed by atoms with Crippen LogP contribution in [-0.4, -0.2) is 28.1 Å². The van der Waals surface area contributed by atoms with Gasteiger partial charge in [-0.05, 0) is 87.1 Å². The van der Waals surface area contributed by atoms with E-state index in [1.807, 2.05) is 6.07 Å². The zero-order valence-electron chi connectivity index (χ0n) is 15.5. The Hall–Kier alpha value is -1.85. The molecule has 2 aromatic rings. The van der Waals surface area contributed by atoms with Crippen LogP contribution in [0.4, 0.5) is 5.69 Å². The van der Waals surface area contributed by atoms with Crippen LogP contribution in [0.15, 0.2) is 41.0 Å². The first-order valence-electron chi connectivity index (χ1n) is 9.51. The normalized spacial score (nSPS) is 25.2. The van der Waals surface area contributed by atoms with Crippen LogP contribution in [0.5, 0.6) is 0 Å². The molecule has 4 nitrogen and oxygen atoms in total. The fourth-order valence-electron chi connectivity index (χ4n) is 4.40. The van der Waals surface area contributed by atoms with Gasteiger partial charge in [-0.15, -0.1) is 0 Å². The van der Waals surface area contributed by atoms with Gasteiger partial charge >= 0.3 is 0 Å². The second-order valence-electron chi connectivity index (χ2n) is 7.70. The van der Waals surface area contributed by atoms with E-state index in [2.05, 4.69) is 53.6 Å². The van der Waals surface area contributed by atoms with Crippen molar-refractivity contribution in [1.29, 1.82) is 0 Å². The smallest absolute Gasteiger partial charge is 0.170 e. The molecule has 0 aliphatic carbocycles. The minimum Gasteiger partial charge on any atom is -0.468 e. The van der Waals surface area contributed by atoms with Crippen LogP contribution in [0.3, 0.4) is 0 Å². The summed E-state index contributed by atoms with van der Waals surface area (Å²) in [7, 11) is 0. The van der Waals surface area contributed by atoms with Gasteiger partial charge in [0.05, 0.1) is 12.8 Å². The number of nitrogens with one attached hydrogen (secondary N) is 2. The third-order valence-electron chi connectivity index (χ3n) is 5.90. The topological polar surface area (TPSA) is 40.4 Å². The molecule has 2 aliphatic heterocycles. The maximum absolute atomic E-state index is 5.56. The third kappa shape index (κ3) is 3.79. The van der Waals surface area contributed by atoms with E-state index in [0.29, 0.717) is 18.1 Å². The maximum atomic E-state index is 5.56. The molecule has 0 amide bonds. The highest BCUT2D eigenvalue weighted by Gasteiger charge is 2.41. The highest BCUT2D eigenvalue weighted by atomic mass is 32.1. The zero-order chi connectivity index (χ0) is 18.1. The van der Waals surface area contributed by atoms with Gasteiger partial charge in [-0.3, -0.25) is 4.90 Å². The molecule has 2 atom stereocenters. The van der Waals surface area contributed by atoms with E-state index >= 15 is 0 Å². The molecule has 138 valence electrons. The first-order chi connectivity index (χ1) is 12.6. The van der Waals surface area contributed by atoms with Gasteiger partial charge in [0.2, 0.25) is 0 Å². The van der Waals surface area contributed by atoms with Crippen LogP contribution < -0.4 is 10.6 Å². The van der Waals surface area contributed by atoms with Crippen LogP contribution in [0, 0.1) is 13.8 Å². The van der Waals surface area contributed by atoms with Gasteiger partial charge in [-0.25, -0.2) is 0 Å². The largest absolute Gasteiger partial charge is 0.468 e. The minimum atomic E-state index is 0.451. The maximum Gasteiger partial charge on any atom is 0.170 e. The molecule has 4 rings (SSSR count). The Morgan fingerprint density at radius 2 is 1.92 bits per heavy atom.